The molecule has 0 bridgehead atoms. The van der Waals surface area contributed by atoms with Gasteiger partial charge in [0.05, 0.1) is 0 Å². The Morgan fingerprint density at radius 1 is 1.27 bits per heavy atom. The van der Waals surface area contributed by atoms with Gasteiger partial charge in [0.1, 0.15) is 19.4 Å². The van der Waals surface area contributed by atoms with Crippen LogP contribution < -0.4 is 4.74 Å². The van der Waals surface area contributed by atoms with Crippen LogP contribution in [0.3, 0.4) is 0 Å². The van der Waals surface area contributed by atoms with E-state index in [9.17, 15) is 13.2 Å². The first-order valence-electron chi connectivity index (χ1n) is 6.31. The van der Waals surface area contributed by atoms with E-state index in [1.165, 1.54) is 14.2 Å². The molecule has 0 spiro atoms. The number of oxime groups is 1. The van der Waals surface area contributed by atoms with Gasteiger partial charge in [0.25, 0.3) is 0 Å². The maximum atomic E-state index is 12.6. The van der Waals surface area contributed by atoms with E-state index in [1.807, 2.05) is 18.2 Å². The number of benzene rings is 1. The maximum Gasteiger partial charge on any atom is 0.435 e. The van der Waals surface area contributed by atoms with E-state index >= 15 is 0 Å². The lowest BCUT2D eigenvalue weighted by molar-refractivity contribution is -0.141. The number of hydrogen-bond donors (Lipinski definition) is 0. The lowest BCUT2D eigenvalue weighted by Gasteiger charge is -2.08. The minimum atomic E-state index is -4.51. The average molecular weight is 313 g/mol. The molecule has 118 valence electrons. The zero-order valence-corrected chi connectivity index (χ0v) is 12.0. The molecule has 0 atom stereocenters. The van der Waals surface area contributed by atoms with Crippen molar-refractivity contribution in [1.29, 1.82) is 0 Å². The quantitative estimate of drug-likeness (QED) is 0.630. The molecule has 2 rings (SSSR count). The molecule has 1 aromatic heterocycles. The molecule has 0 saturated carbocycles. The van der Waals surface area contributed by atoms with Crippen LogP contribution in [0, 0.1) is 0 Å². The van der Waals surface area contributed by atoms with Crippen LogP contribution in [0.2, 0.25) is 0 Å². The van der Waals surface area contributed by atoms with Gasteiger partial charge < -0.3 is 9.57 Å². The lowest BCUT2D eigenvalue weighted by atomic mass is 10.1. The van der Waals surface area contributed by atoms with Crippen LogP contribution >= 0.6 is 0 Å². The highest BCUT2D eigenvalue weighted by atomic mass is 19.4. The highest BCUT2D eigenvalue weighted by molar-refractivity contribution is 6.01. The molecule has 0 unspecified atom stereocenters. The second kappa shape index (κ2) is 6.50. The molecule has 2 aromatic rings. The van der Waals surface area contributed by atoms with E-state index in [2.05, 4.69) is 10.3 Å². The summed E-state index contributed by atoms with van der Waals surface area (Å²) in [6.07, 6.45) is -4.51. The summed E-state index contributed by atoms with van der Waals surface area (Å²) in [5.41, 5.74) is 0.204. The van der Waals surface area contributed by atoms with E-state index < -0.39 is 11.9 Å². The Morgan fingerprint density at radius 3 is 2.50 bits per heavy atom. The minimum Gasteiger partial charge on any atom is -0.471 e. The van der Waals surface area contributed by atoms with Crippen LogP contribution in [0.15, 0.2) is 41.6 Å². The van der Waals surface area contributed by atoms with Gasteiger partial charge in [0.15, 0.2) is 5.69 Å². The fourth-order valence-corrected chi connectivity index (χ4v) is 1.77. The number of ether oxygens (including phenoxy) is 1. The molecule has 0 saturated heterocycles. The predicted octanol–water partition coefficient (Wildman–Crippen LogP) is 2.87. The molecule has 8 heteroatoms. The largest absolute Gasteiger partial charge is 0.471 e. The van der Waals surface area contributed by atoms with E-state index in [0.29, 0.717) is 5.71 Å². The van der Waals surface area contributed by atoms with Crippen LogP contribution in [0.25, 0.3) is 0 Å². The second-order valence-corrected chi connectivity index (χ2v) is 4.36. The number of alkyl halides is 3. The van der Waals surface area contributed by atoms with Crippen LogP contribution in [0.1, 0.15) is 11.3 Å². The first-order valence-corrected chi connectivity index (χ1v) is 6.31. The van der Waals surface area contributed by atoms with Gasteiger partial charge in [-0.3, -0.25) is 0 Å². The van der Waals surface area contributed by atoms with E-state index in [-0.39, 0.29) is 12.5 Å². The Morgan fingerprint density at radius 2 is 1.95 bits per heavy atom. The molecular formula is C14H14F3N3O2. The van der Waals surface area contributed by atoms with Crippen molar-refractivity contribution in [2.75, 3.05) is 13.7 Å². The van der Waals surface area contributed by atoms with Crippen LogP contribution in [0.4, 0.5) is 13.2 Å². The smallest absolute Gasteiger partial charge is 0.435 e. The molecule has 0 amide bonds. The third kappa shape index (κ3) is 3.78. The number of aryl methyl sites for hydroxylation is 1. The monoisotopic (exact) mass is 313 g/mol. The Kier molecular flexibility index (Phi) is 4.69. The summed E-state index contributed by atoms with van der Waals surface area (Å²) in [5, 5.41) is 7.21. The van der Waals surface area contributed by atoms with Gasteiger partial charge in [-0.05, 0) is 0 Å². The summed E-state index contributed by atoms with van der Waals surface area (Å²) in [5.74, 6) is -0.00735. The van der Waals surface area contributed by atoms with Gasteiger partial charge >= 0.3 is 6.18 Å². The van der Waals surface area contributed by atoms with Crippen molar-refractivity contribution < 1.29 is 22.7 Å². The zero-order valence-electron chi connectivity index (χ0n) is 12.0. The van der Waals surface area contributed by atoms with E-state index in [4.69, 9.17) is 9.57 Å². The normalized spacial score (nSPS) is 12.3. The van der Waals surface area contributed by atoms with Crippen molar-refractivity contribution in [1.82, 2.24) is 9.78 Å². The maximum absolute atomic E-state index is 12.6. The molecule has 0 radical (unpaired) electrons. The standard InChI is InChI=1S/C14H14F3N3O2/c1-20-13(8-12(18-20)14(15,16)17)22-9-11(19-21-2)10-6-4-3-5-7-10/h3-8H,9H2,1-2H3. The molecule has 0 aliphatic heterocycles. The van der Waals surface area contributed by atoms with Crippen LogP contribution in [-0.4, -0.2) is 29.2 Å². The number of hydrogen-bond acceptors (Lipinski definition) is 4. The molecule has 1 aromatic carbocycles. The third-order valence-corrected chi connectivity index (χ3v) is 2.79. The summed E-state index contributed by atoms with van der Waals surface area (Å²) >= 11 is 0. The van der Waals surface area contributed by atoms with Crippen molar-refractivity contribution >= 4 is 5.71 Å². The highest BCUT2D eigenvalue weighted by Crippen LogP contribution is 2.30. The number of rotatable bonds is 5. The molecule has 0 N–H and O–H groups in total. The predicted molar refractivity (Wildman–Crippen MR) is 73.7 cm³/mol. The molecule has 0 fully saturated rings. The van der Waals surface area contributed by atoms with Gasteiger partial charge in [-0.15, -0.1) is 0 Å². The van der Waals surface area contributed by atoms with Crippen molar-refractivity contribution in [3.05, 3.63) is 47.7 Å². The zero-order chi connectivity index (χ0) is 16.2. The van der Waals surface area contributed by atoms with Crippen molar-refractivity contribution in [2.45, 2.75) is 6.18 Å². The first kappa shape index (κ1) is 15.9. The number of nitrogens with zero attached hydrogens (tertiary/aromatic N) is 3. The number of aromatic nitrogens is 2. The summed E-state index contributed by atoms with van der Waals surface area (Å²) < 4.78 is 44.2. The van der Waals surface area contributed by atoms with Gasteiger partial charge in [0, 0.05) is 18.7 Å². The summed E-state index contributed by atoms with van der Waals surface area (Å²) in [4.78, 5) is 4.74. The Labute approximate surface area is 124 Å². The molecular weight excluding hydrogens is 299 g/mol. The Hall–Kier alpha value is -2.51. The number of halogens is 3. The van der Waals surface area contributed by atoms with Gasteiger partial charge in [-0.2, -0.15) is 18.3 Å². The lowest BCUT2D eigenvalue weighted by Crippen LogP contribution is -2.14. The van der Waals surface area contributed by atoms with Crippen LogP contribution in [-0.2, 0) is 18.1 Å². The Bertz CT molecular complexity index is 651. The molecule has 1 heterocycles. The third-order valence-electron chi connectivity index (χ3n) is 2.79. The second-order valence-electron chi connectivity index (χ2n) is 4.36. The first-order chi connectivity index (χ1) is 10.4. The fraction of sp³-hybridized carbons (Fsp3) is 0.286. The van der Waals surface area contributed by atoms with Crippen molar-refractivity contribution in [3.63, 3.8) is 0 Å². The van der Waals surface area contributed by atoms with E-state index in [0.717, 1.165) is 16.3 Å². The molecule has 0 aliphatic rings. The van der Waals surface area contributed by atoms with E-state index in [1.54, 1.807) is 12.1 Å². The summed E-state index contributed by atoms with van der Waals surface area (Å²) in [6.45, 7) is -0.0469. The highest BCUT2D eigenvalue weighted by Gasteiger charge is 2.35. The van der Waals surface area contributed by atoms with Gasteiger partial charge in [0.2, 0.25) is 5.88 Å². The summed E-state index contributed by atoms with van der Waals surface area (Å²) in [6, 6.07) is 9.90. The molecule has 0 aliphatic carbocycles. The minimum absolute atomic E-state index is 0.00735. The van der Waals surface area contributed by atoms with Crippen molar-refractivity contribution in [3.8, 4) is 5.88 Å². The van der Waals surface area contributed by atoms with Crippen molar-refractivity contribution in [2.24, 2.45) is 12.2 Å². The molecule has 22 heavy (non-hydrogen) atoms. The van der Waals surface area contributed by atoms with Gasteiger partial charge in [-0.25, -0.2) is 4.68 Å². The topological polar surface area (TPSA) is 48.6 Å². The SMILES string of the molecule is CON=C(COc1cc(C(F)(F)F)nn1C)c1ccccc1. The van der Waals surface area contributed by atoms with Gasteiger partial charge in [-0.1, -0.05) is 35.5 Å². The Balaban J connectivity index is 2.14. The summed E-state index contributed by atoms with van der Waals surface area (Å²) in [7, 11) is 2.76. The average Bonchev–Trinajstić information content (AvgIpc) is 2.86. The van der Waals surface area contributed by atoms with Crippen LogP contribution in [0.5, 0.6) is 5.88 Å². The fourth-order valence-electron chi connectivity index (χ4n) is 1.77. The molecule has 5 nitrogen and oxygen atoms in total.